The van der Waals surface area contributed by atoms with E-state index in [4.69, 9.17) is 14.2 Å². The number of hydrogen-bond donors (Lipinski definition) is 4. The molecule has 12 heteroatoms. The monoisotopic (exact) mass is 1020 g/mol. The molecular formula is C60H93N2O9P. The molecule has 3 aromatic rings. The Bertz CT molecular complexity index is 2030. The predicted molar refractivity (Wildman–Crippen MR) is 293 cm³/mol. The van der Waals surface area contributed by atoms with Crippen molar-refractivity contribution in [2.45, 2.75) is 205 Å². The molecule has 0 aromatic heterocycles. The standard InChI is InChI=1S/C60H93N2O9P/c1-11-60-41-58(60,7)54(66)46(6)62(40-42(2)39-59(8,68)55(44(4)52(64)45(5)56(67)71-60)70-57-53(65)50(61(9)10)38-43(3)69-57)51(63)36-28-17-15-13-12-14-16-18-29-37-72(47-30-22-19-23-31-47,48-32-24-20-25-33-48)49-34-26-21-27-35-49/h19-27,30-35,42-46,50,52-55,57,64-66,68,72H,11-18,28-29,36-41H2,1-10H3/t42-,43-,44+,45-,46-,50+,52+,53-,54-,55-,57+,58+,59-,60-/m1/s1. The third-order valence-corrected chi connectivity index (χ3v) is 22.5. The Morgan fingerprint density at radius 2 is 1.26 bits per heavy atom. The van der Waals surface area contributed by atoms with Crippen LogP contribution in [-0.4, -0.2) is 129 Å². The van der Waals surface area contributed by atoms with Crippen molar-refractivity contribution in [2.75, 3.05) is 26.8 Å². The van der Waals surface area contributed by atoms with Gasteiger partial charge in [0, 0.05) is 23.9 Å². The van der Waals surface area contributed by atoms with Crippen LogP contribution in [0.2, 0.25) is 0 Å². The molecule has 1 saturated carbocycles. The number of likely N-dealkylation sites (N-methyl/N-ethyl adjacent to an activating group) is 1. The Morgan fingerprint density at radius 3 is 1.76 bits per heavy atom. The molecule has 2 heterocycles. The molecular weight excluding hydrogens is 924 g/mol. The van der Waals surface area contributed by atoms with Crippen molar-refractivity contribution >= 4 is 35.1 Å². The number of unbranched alkanes of at least 4 members (excludes halogenated alkanes) is 8. The largest absolute Gasteiger partial charge is 0.458 e. The summed E-state index contributed by atoms with van der Waals surface area (Å²) in [6, 6.07) is 32.6. The minimum Gasteiger partial charge on any atom is -0.458 e. The Balaban J connectivity index is 1.07. The Labute approximate surface area is 433 Å². The predicted octanol–water partition coefficient (Wildman–Crippen LogP) is 8.53. The van der Waals surface area contributed by atoms with Gasteiger partial charge in [0.25, 0.3) is 0 Å². The summed E-state index contributed by atoms with van der Waals surface area (Å²) < 4.78 is 19.1. The number of aliphatic hydroxyl groups excluding tert-OH is 3. The van der Waals surface area contributed by atoms with E-state index in [0.29, 0.717) is 25.7 Å². The third-order valence-electron chi connectivity index (χ3n) is 17.4. The van der Waals surface area contributed by atoms with Crippen LogP contribution >= 0.6 is 7.26 Å². The van der Waals surface area contributed by atoms with Gasteiger partial charge in [-0.15, -0.1) is 0 Å². The van der Waals surface area contributed by atoms with E-state index >= 15 is 0 Å². The first-order valence-electron chi connectivity index (χ1n) is 27.7. The second-order valence-electron chi connectivity index (χ2n) is 23.2. The van der Waals surface area contributed by atoms with Gasteiger partial charge in [0.1, 0.15) is 11.7 Å². The van der Waals surface area contributed by atoms with Gasteiger partial charge < -0.3 is 44.4 Å². The van der Waals surface area contributed by atoms with Gasteiger partial charge in [0.15, 0.2) is 6.29 Å². The summed E-state index contributed by atoms with van der Waals surface area (Å²) in [5, 5.41) is 52.5. The van der Waals surface area contributed by atoms with Crippen molar-refractivity contribution in [2.24, 2.45) is 23.2 Å². The van der Waals surface area contributed by atoms with Gasteiger partial charge in [-0.2, -0.15) is 0 Å². The number of esters is 1. The van der Waals surface area contributed by atoms with E-state index in [1.807, 2.05) is 53.6 Å². The molecule has 4 N–H and O–H groups in total. The summed E-state index contributed by atoms with van der Waals surface area (Å²) in [7, 11) is 1.57. The van der Waals surface area contributed by atoms with Crippen molar-refractivity contribution in [1.29, 1.82) is 0 Å². The number of carbonyl (C=O) groups is 2. The van der Waals surface area contributed by atoms with Crippen LogP contribution in [0.25, 0.3) is 0 Å². The third kappa shape index (κ3) is 13.2. The fourth-order valence-corrected chi connectivity index (χ4v) is 17.9. The molecule has 2 aliphatic heterocycles. The zero-order chi connectivity index (χ0) is 52.4. The normalized spacial score (nSPS) is 34.1. The molecule has 0 spiro atoms. The summed E-state index contributed by atoms with van der Waals surface area (Å²) in [6.07, 6.45) is 7.23. The minimum absolute atomic E-state index is 0.0468. The van der Waals surface area contributed by atoms with Crippen LogP contribution < -0.4 is 15.9 Å². The number of aliphatic hydroxyl groups is 4. The molecule has 402 valence electrons. The Hall–Kier alpha value is -3.25. The quantitative estimate of drug-likeness (QED) is 0.0523. The molecule has 3 aliphatic rings. The van der Waals surface area contributed by atoms with Gasteiger partial charge in [-0.3, -0.25) is 9.59 Å². The maximum absolute atomic E-state index is 14.4. The van der Waals surface area contributed by atoms with Crippen LogP contribution in [0.4, 0.5) is 0 Å². The second kappa shape index (κ2) is 25.5. The number of nitrogens with zero attached hydrogens (tertiary/aromatic N) is 2. The van der Waals surface area contributed by atoms with E-state index in [1.165, 1.54) is 54.2 Å². The van der Waals surface area contributed by atoms with Crippen molar-refractivity contribution in [3.05, 3.63) is 91.0 Å². The molecule has 6 rings (SSSR count). The average Bonchev–Trinajstić information content (AvgIpc) is 3.98. The SMILES string of the molecule is CC[C@@]12C[C@@]1(C)[C@H](O)[C@@H](C)N(C(=O)CCCCCCCCCCC[PH](c1ccccc1)(c1ccccc1)c1ccccc1)C[C@H](C)C[C@@](C)(O)[C@H](O[C@@H]1O[C@H](C)C[C@H](N(C)C)[C@H]1O)[C@@H](C)[C@H](O)[C@@H](C)C(=O)O2. The summed E-state index contributed by atoms with van der Waals surface area (Å²) >= 11 is 0. The number of fused-ring (bicyclic) bond motifs is 1. The molecule has 0 unspecified atom stereocenters. The van der Waals surface area contributed by atoms with Gasteiger partial charge in [-0.1, -0.05) is 27.7 Å². The average molecular weight is 1020 g/mol. The first-order chi connectivity index (χ1) is 34.2. The van der Waals surface area contributed by atoms with Gasteiger partial charge in [0.2, 0.25) is 0 Å². The van der Waals surface area contributed by atoms with Gasteiger partial charge in [-0.05, 0) is 73.4 Å². The van der Waals surface area contributed by atoms with E-state index in [9.17, 15) is 30.0 Å². The number of hydrogen-bond acceptors (Lipinski definition) is 10. The fourth-order valence-electron chi connectivity index (χ4n) is 12.9. The van der Waals surface area contributed by atoms with Crippen molar-refractivity contribution in [3.8, 4) is 0 Å². The molecule has 3 fully saturated rings. The van der Waals surface area contributed by atoms with Crippen LogP contribution in [0.15, 0.2) is 91.0 Å². The Morgan fingerprint density at radius 1 is 0.764 bits per heavy atom. The topological polar surface area (TPSA) is 149 Å². The summed E-state index contributed by atoms with van der Waals surface area (Å²) in [6.45, 7) is 14.9. The van der Waals surface area contributed by atoms with Crippen LogP contribution in [0.1, 0.15) is 145 Å². The van der Waals surface area contributed by atoms with Gasteiger partial charge >= 0.3 is 196 Å². The Kier molecular flexibility index (Phi) is 20.6. The second-order valence-corrected chi connectivity index (χ2v) is 27.3. The van der Waals surface area contributed by atoms with E-state index in [1.54, 1.807) is 25.7 Å². The zero-order valence-corrected chi connectivity index (χ0v) is 46.5. The molecule has 0 bridgehead atoms. The molecule has 1 amide bonds. The molecule has 2 saturated heterocycles. The van der Waals surface area contributed by atoms with Crippen LogP contribution in [-0.2, 0) is 23.8 Å². The number of benzene rings is 3. The maximum Gasteiger partial charge on any atom is 0.311 e. The smallest absolute Gasteiger partial charge is 0.311 e. The van der Waals surface area contributed by atoms with Crippen LogP contribution in [0, 0.1) is 23.2 Å². The molecule has 72 heavy (non-hydrogen) atoms. The maximum atomic E-state index is 14.4. The number of rotatable bonds is 19. The molecule has 14 atom stereocenters. The first kappa shape index (κ1) is 58.0. The first-order valence-corrected chi connectivity index (χ1v) is 29.9. The van der Waals surface area contributed by atoms with E-state index < -0.39 is 78.4 Å². The zero-order valence-electron chi connectivity index (χ0n) is 45.5. The van der Waals surface area contributed by atoms with Gasteiger partial charge in [0.05, 0.1) is 42.0 Å². The molecule has 3 aromatic carbocycles. The molecule has 1 aliphatic carbocycles. The summed E-state index contributed by atoms with van der Waals surface area (Å²) in [5.74, 6) is -2.71. The van der Waals surface area contributed by atoms with Gasteiger partial charge in [-0.25, -0.2) is 0 Å². The number of ether oxygens (including phenoxy) is 3. The van der Waals surface area contributed by atoms with Crippen molar-refractivity contribution in [3.63, 3.8) is 0 Å². The van der Waals surface area contributed by atoms with E-state index in [-0.39, 0.29) is 36.9 Å². The summed E-state index contributed by atoms with van der Waals surface area (Å²) in [5.41, 5.74) is -3.38. The van der Waals surface area contributed by atoms with E-state index in [0.717, 1.165) is 25.7 Å². The van der Waals surface area contributed by atoms with Crippen molar-refractivity contribution < 1.29 is 44.2 Å². The number of amides is 1. The molecule has 11 nitrogen and oxygen atoms in total. The summed E-state index contributed by atoms with van der Waals surface area (Å²) in [4.78, 5) is 32.1. The minimum atomic E-state index is -2.21. The van der Waals surface area contributed by atoms with Crippen LogP contribution in [0.3, 0.4) is 0 Å². The number of carbonyl (C=O) groups excluding carboxylic acids is 2. The molecule has 0 radical (unpaired) electrons. The van der Waals surface area contributed by atoms with Crippen LogP contribution in [0.5, 0.6) is 0 Å². The van der Waals surface area contributed by atoms with E-state index in [2.05, 4.69) is 91.0 Å². The fraction of sp³-hybridized carbons (Fsp3) is 0.667. The van der Waals surface area contributed by atoms with Crippen molar-refractivity contribution in [1.82, 2.24) is 9.80 Å².